The molecule has 0 unspecified atom stereocenters. The van der Waals surface area contributed by atoms with Gasteiger partial charge in [-0.3, -0.25) is 4.79 Å². The highest BCUT2D eigenvalue weighted by atomic mass is 16.5. The van der Waals surface area contributed by atoms with E-state index in [2.05, 4.69) is 0 Å². The van der Waals surface area contributed by atoms with Gasteiger partial charge in [0.1, 0.15) is 11.3 Å². The molecule has 1 aromatic carbocycles. The highest BCUT2D eigenvalue weighted by Crippen LogP contribution is 2.26. The lowest BCUT2D eigenvalue weighted by molar-refractivity contribution is -0.144. The average molecular weight is 288 g/mol. The third kappa shape index (κ3) is 3.38. The Morgan fingerprint density at radius 3 is 2.90 bits per heavy atom. The first kappa shape index (κ1) is 14.0. The van der Waals surface area contributed by atoms with Crippen LogP contribution in [0.5, 0.6) is 5.75 Å². The minimum absolute atomic E-state index is 0.156. The topological polar surface area (TPSA) is 59.7 Å². The van der Waals surface area contributed by atoms with Gasteiger partial charge in [0.05, 0.1) is 19.3 Å². The first-order valence-corrected chi connectivity index (χ1v) is 7.57. The first-order valence-electron chi connectivity index (χ1n) is 7.57. The van der Waals surface area contributed by atoms with Gasteiger partial charge in [-0.25, -0.2) is 0 Å². The number of benzene rings is 1. The van der Waals surface area contributed by atoms with Gasteiger partial charge in [0.2, 0.25) is 0 Å². The largest absolute Gasteiger partial charge is 0.508 e. The quantitative estimate of drug-likeness (QED) is 0.869. The van der Waals surface area contributed by atoms with Crippen molar-refractivity contribution in [3.05, 3.63) is 30.0 Å². The number of carbonyl (C=O) groups is 1. The molecule has 1 fully saturated rings. The van der Waals surface area contributed by atoms with E-state index < -0.39 is 0 Å². The molecule has 112 valence electrons. The molecule has 1 saturated carbocycles. The summed E-state index contributed by atoms with van der Waals surface area (Å²) in [6.45, 7) is 0.537. The Morgan fingerprint density at radius 1 is 1.29 bits per heavy atom. The van der Waals surface area contributed by atoms with Crippen molar-refractivity contribution in [1.82, 2.24) is 0 Å². The molecule has 4 heteroatoms. The normalized spacial score (nSPS) is 16.2. The zero-order valence-electron chi connectivity index (χ0n) is 12.0. The second-order valence-electron chi connectivity index (χ2n) is 5.81. The zero-order chi connectivity index (χ0) is 14.7. The zero-order valence-corrected chi connectivity index (χ0v) is 12.0. The fourth-order valence-electron chi connectivity index (χ4n) is 2.98. The van der Waals surface area contributed by atoms with Crippen LogP contribution in [0.1, 0.15) is 37.7 Å². The van der Waals surface area contributed by atoms with Crippen LogP contribution in [0.4, 0.5) is 0 Å². The van der Waals surface area contributed by atoms with E-state index in [4.69, 9.17) is 9.15 Å². The maximum atomic E-state index is 12.0. The molecule has 1 aromatic heterocycles. The van der Waals surface area contributed by atoms with Crippen LogP contribution >= 0.6 is 0 Å². The van der Waals surface area contributed by atoms with Crippen molar-refractivity contribution in [1.29, 1.82) is 0 Å². The maximum Gasteiger partial charge on any atom is 0.310 e. The molecule has 0 radical (unpaired) electrons. The van der Waals surface area contributed by atoms with Crippen molar-refractivity contribution in [2.75, 3.05) is 6.61 Å². The summed E-state index contributed by atoms with van der Waals surface area (Å²) >= 11 is 0. The van der Waals surface area contributed by atoms with Gasteiger partial charge in [-0.1, -0.05) is 19.3 Å². The van der Waals surface area contributed by atoms with E-state index in [1.807, 2.05) is 0 Å². The Hall–Kier alpha value is -1.97. The molecule has 2 aromatic rings. The van der Waals surface area contributed by atoms with E-state index in [-0.39, 0.29) is 18.1 Å². The SMILES string of the molecule is O=C(Cc1coc2cc(O)ccc12)OCC1CCCCC1. The molecule has 0 spiro atoms. The van der Waals surface area contributed by atoms with Crippen molar-refractivity contribution in [2.24, 2.45) is 5.92 Å². The highest BCUT2D eigenvalue weighted by molar-refractivity contribution is 5.86. The van der Waals surface area contributed by atoms with E-state index in [1.54, 1.807) is 24.5 Å². The Balaban J connectivity index is 1.58. The number of phenols is 1. The molecule has 1 aliphatic carbocycles. The molecule has 0 saturated heterocycles. The van der Waals surface area contributed by atoms with Crippen LogP contribution in [0.25, 0.3) is 11.0 Å². The molecule has 0 amide bonds. The summed E-state index contributed by atoms with van der Waals surface area (Å²) in [5.41, 5.74) is 1.39. The van der Waals surface area contributed by atoms with E-state index in [0.717, 1.165) is 10.9 Å². The van der Waals surface area contributed by atoms with Crippen LogP contribution < -0.4 is 0 Å². The van der Waals surface area contributed by atoms with Crippen LogP contribution in [-0.2, 0) is 16.0 Å². The monoisotopic (exact) mass is 288 g/mol. The predicted octanol–water partition coefficient (Wildman–Crippen LogP) is 3.80. The van der Waals surface area contributed by atoms with Gasteiger partial charge < -0.3 is 14.3 Å². The van der Waals surface area contributed by atoms with Gasteiger partial charge in [0.15, 0.2) is 0 Å². The smallest absolute Gasteiger partial charge is 0.310 e. The Labute approximate surface area is 123 Å². The third-order valence-electron chi connectivity index (χ3n) is 4.18. The number of carbonyl (C=O) groups excluding carboxylic acids is 1. The van der Waals surface area contributed by atoms with Crippen molar-refractivity contribution in [3.63, 3.8) is 0 Å². The summed E-state index contributed by atoms with van der Waals surface area (Å²) in [6, 6.07) is 4.90. The number of esters is 1. The number of hydrogen-bond acceptors (Lipinski definition) is 4. The standard InChI is InChI=1S/C17H20O4/c18-14-6-7-15-13(11-20-16(15)9-14)8-17(19)21-10-12-4-2-1-3-5-12/h6-7,9,11-12,18H,1-5,8,10H2. The number of fused-ring (bicyclic) bond motifs is 1. The van der Waals surface area contributed by atoms with Gasteiger partial charge >= 0.3 is 5.97 Å². The molecule has 1 N–H and O–H groups in total. The van der Waals surface area contributed by atoms with Crippen LogP contribution in [0.2, 0.25) is 0 Å². The van der Waals surface area contributed by atoms with Crippen molar-refractivity contribution >= 4 is 16.9 Å². The molecule has 21 heavy (non-hydrogen) atoms. The third-order valence-corrected chi connectivity index (χ3v) is 4.18. The summed E-state index contributed by atoms with van der Waals surface area (Å²) in [5, 5.41) is 10.2. The molecular formula is C17H20O4. The molecule has 0 atom stereocenters. The second-order valence-corrected chi connectivity index (χ2v) is 5.81. The minimum atomic E-state index is -0.212. The van der Waals surface area contributed by atoms with Crippen molar-refractivity contribution < 1.29 is 19.1 Å². The number of aromatic hydroxyl groups is 1. The van der Waals surface area contributed by atoms with Gasteiger partial charge in [-0.2, -0.15) is 0 Å². The van der Waals surface area contributed by atoms with Crippen LogP contribution in [0.3, 0.4) is 0 Å². The number of hydrogen-bond donors (Lipinski definition) is 1. The Bertz CT molecular complexity index is 623. The summed E-state index contributed by atoms with van der Waals surface area (Å²) in [6.07, 6.45) is 7.91. The highest BCUT2D eigenvalue weighted by Gasteiger charge is 2.17. The van der Waals surface area contributed by atoms with Crippen molar-refractivity contribution in [2.45, 2.75) is 38.5 Å². The van der Waals surface area contributed by atoms with E-state index in [1.165, 1.54) is 32.1 Å². The molecule has 3 rings (SSSR count). The second kappa shape index (κ2) is 6.20. The van der Waals surface area contributed by atoms with Gasteiger partial charge in [-0.05, 0) is 30.9 Å². The van der Waals surface area contributed by atoms with E-state index in [0.29, 0.717) is 18.1 Å². The number of rotatable bonds is 4. The lowest BCUT2D eigenvalue weighted by Gasteiger charge is -2.20. The first-order chi connectivity index (χ1) is 10.2. The average Bonchev–Trinajstić information content (AvgIpc) is 2.88. The lowest BCUT2D eigenvalue weighted by Crippen LogP contribution is -2.17. The molecule has 1 heterocycles. The lowest BCUT2D eigenvalue weighted by atomic mass is 9.90. The van der Waals surface area contributed by atoms with Crippen molar-refractivity contribution in [3.8, 4) is 5.75 Å². The molecule has 0 aliphatic heterocycles. The fraction of sp³-hybridized carbons (Fsp3) is 0.471. The Kier molecular flexibility index (Phi) is 4.13. The predicted molar refractivity (Wildman–Crippen MR) is 79.1 cm³/mol. The van der Waals surface area contributed by atoms with Gasteiger partial charge in [0.25, 0.3) is 0 Å². The number of furan rings is 1. The van der Waals surface area contributed by atoms with Crippen LogP contribution in [-0.4, -0.2) is 17.7 Å². The van der Waals surface area contributed by atoms with E-state index >= 15 is 0 Å². The molecule has 0 bridgehead atoms. The molecular weight excluding hydrogens is 268 g/mol. The van der Waals surface area contributed by atoms with Crippen LogP contribution in [0, 0.1) is 5.92 Å². The fourth-order valence-corrected chi connectivity index (χ4v) is 2.98. The summed E-state index contributed by atoms with van der Waals surface area (Å²) in [4.78, 5) is 12.0. The maximum absolute atomic E-state index is 12.0. The Morgan fingerprint density at radius 2 is 2.10 bits per heavy atom. The summed E-state index contributed by atoms with van der Waals surface area (Å²) in [7, 11) is 0. The molecule has 1 aliphatic rings. The van der Waals surface area contributed by atoms with Gasteiger partial charge in [-0.15, -0.1) is 0 Å². The summed E-state index contributed by atoms with van der Waals surface area (Å²) in [5.74, 6) is 0.473. The van der Waals surface area contributed by atoms with Gasteiger partial charge in [0, 0.05) is 17.0 Å². The minimum Gasteiger partial charge on any atom is -0.508 e. The van der Waals surface area contributed by atoms with Crippen LogP contribution in [0.15, 0.2) is 28.9 Å². The molecule has 4 nitrogen and oxygen atoms in total. The van der Waals surface area contributed by atoms with E-state index in [9.17, 15) is 9.90 Å². The number of ether oxygens (including phenoxy) is 1. The summed E-state index contributed by atoms with van der Waals surface area (Å²) < 4.78 is 10.8. The number of phenolic OH excluding ortho intramolecular Hbond substituents is 1.